The maximum Gasteiger partial charge on any atom is 0.274 e. The van der Waals surface area contributed by atoms with Crippen molar-refractivity contribution in [2.75, 3.05) is 5.32 Å². The first-order valence-corrected chi connectivity index (χ1v) is 6.23. The van der Waals surface area contributed by atoms with Crippen LogP contribution in [0.25, 0.3) is 0 Å². The number of halogens is 1. The van der Waals surface area contributed by atoms with Crippen molar-refractivity contribution in [3.63, 3.8) is 0 Å². The molecule has 0 aliphatic rings. The lowest BCUT2D eigenvalue weighted by Crippen LogP contribution is -2.13. The minimum atomic E-state index is -0.185. The number of aromatic nitrogens is 1. The van der Waals surface area contributed by atoms with Gasteiger partial charge in [0, 0.05) is 15.0 Å². The number of carbonyl (C=O) groups excluding carboxylic acids is 1. The van der Waals surface area contributed by atoms with Gasteiger partial charge in [0.25, 0.3) is 5.91 Å². The van der Waals surface area contributed by atoms with Crippen molar-refractivity contribution in [1.82, 2.24) is 4.98 Å². The highest BCUT2D eigenvalue weighted by Gasteiger charge is 2.07. The fourth-order valence-corrected chi connectivity index (χ4v) is 1.76. The lowest BCUT2D eigenvalue weighted by atomic mass is 10.2. The van der Waals surface area contributed by atoms with Crippen LogP contribution in [0.5, 0.6) is 0 Å². The van der Waals surface area contributed by atoms with Crippen molar-refractivity contribution in [1.29, 1.82) is 0 Å². The number of amides is 1. The van der Waals surface area contributed by atoms with Crippen molar-refractivity contribution in [2.24, 2.45) is 0 Å². The van der Waals surface area contributed by atoms with Gasteiger partial charge in [0.05, 0.1) is 0 Å². The Morgan fingerprint density at radius 1 is 1.18 bits per heavy atom. The molecule has 0 unspecified atom stereocenters. The molecular formula is C13H11IN2O. The lowest BCUT2D eigenvalue weighted by Gasteiger charge is -2.05. The van der Waals surface area contributed by atoms with Crippen LogP contribution in [0.1, 0.15) is 16.2 Å². The Bertz CT molecular complexity index is 537. The predicted molar refractivity (Wildman–Crippen MR) is 76.1 cm³/mol. The summed E-state index contributed by atoms with van der Waals surface area (Å²) in [4.78, 5) is 16.0. The second-order valence-corrected chi connectivity index (χ2v) is 4.87. The van der Waals surface area contributed by atoms with Crippen LogP contribution in [0, 0.1) is 10.5 Å². The average molecular weight is 338 g/mol. The number of hydrogen-bond donors (Lipinski definition) is 1. The molecule has 1 heterocycles. The molecule has 1 aromatic carbocycles. The van der Waals surface area contributed by atoms with Crippen LogP contribution < -0.4 is 5.32 Å². The van der Waals surface area contributed by atoms with Crippen LogP contribution in [0.2, 0.25) is 0 Å². The van der Waals surface area contributed by atoms with Crippen LogP contribution in [0.4, 0.5) is 5.69 Å². The number of carbonyl (C=O) groups is 1. The molecule has 3 nitrogen and oxygen atoms in total. The van der Waals surface area contributed by atoms with Gasteiger partial charge in [0.15, 0.2) is 0 Å². The van der Waals surface area contributed by atoms with E-state index in [9.17, 15) is 4.79 Å². The third kappa shape index (κ3) is 3.26. The zero-order valence-corrected chi connectivity index (χ0v) is 11.4. The van der Waals surface area contributed by atoms with E-state index in [1.807, 2.05) is 43.3 Å². The van der Waals surface area contributed by atoms with Crippen molar-refractivity contribution in [3.8, 4) is 0 Å². The standard InChI is InChI=1S/C13H11IN2O/c1-9-3-2-4-12(15-9)13(17)16-11-7-5-10(14)6-8-11/h2-8H,1H3,(H,16,17). The van der Waals surface area contributed by atoms with E-state index < -0.39 is 0 Å². The highest BCUT2D eigenvalue weighted by atomic mass is 127. The van der Waals surface area contributed by atoms with E-state index in [0.717, 1.165) is 15.0 Å². The van der Waals surface area contributed by atoms with Gasteiger partial charge < -0.3 is 5.32 Å². The highest BCUT2D eigenvalue weighted by molar-refractivity contribution is 14.1. The number of anilines is 1. The molecule has 0 radical (unpaired) electrons. The number of hydrogen-bond acceptors (Lipinski definition) is 2. The molecule has 0 bridgehead atoms. The van der Waals surface area contributed by atoms with E-state index >= 15 is 0 Å². The first-order valence-electron chi connectivity index (χ1n) is 5.16. The molecule has 0 atom stereocenters. The van der Waals surface area contributed by atoms with E-state index in [1.165, 1.54) is 0 Å². The number of rotatable bonds is 2. The van der Waals surface area contributed by atoms with Crippen LogP contribution in [-0.2, 0) is 0 Å². The largest absolute Gasteiger partial charge is 0.321 e. The van der Waals surface area contributed by atoms with Crippen LogP contribution in [0.15, 0.2) is 42.5 Å². The third-order valence-corrected chi connectivity index (χ3v) is 2.94. The first kappa shape index (κ1) is 12.0. The van der Waals surface area contributed by atoms with Gasteiger partial charge in [0.2, 0.25) is 0 Å². The summed E-state index contributed by atoms with van der Waals surface area (Å²) in [7, 11) is 0. The summed E-state index contributed by atoms with van der Waals surface area (Å²) in [6, 6.07) is 13.0. The Balaban J connectivity index is 2.14. The molecule has 17 heavy (non-hydrogen) atoms. The number of benzene rings is 1. The molecule has 1 amide bonds. The predicted octanol–water partition coefficient (Wildman–Crippen LogP) is 3.25. The summed E-state index contributed by atoms with van der Waals surface area (Å²) in [5.74, 6) is -0.185. The zero-order chi connectivity index (χ0) is 12.3. The van der Waals surface area contributed by atoms with Gasteiger partial charge in [-0.15, -0.1) is 0 Å². The Morgan fingerprint density at radius 2 is 1.88 bits per heavy atom. The highest BCUT2D eigenvalue weighted by Crippen LogP contribution is 2.12. The summed E-state index contributed by atoms with van der Waals surface area (Å²) >= 11 is 2.22. The Kier molecular flexibility index (Phi) is 3.73. The zero-order valence-electron chi connectivity index (χ0n) is 9.27. The van der Waals surface area contributed by atoms with Crippen molar-refractivity contribution >= 4 is 34.2 Å². The van der Waals surface area contributed by atoms with Crippen LogP contribution in [0.3, 0.4) is 0 Å². The molecule has 0 aliphatic carbocycles. The molecule has 2 rings (SSSR count). The Hall–Kier alpha value is -1.43. The van der Waals surface area contributed by atoms with Crippen LogP contribution >= 0.6 is 22.6 Å². The van der Waals surface area contributed by atoms with E-state index in [1.54, 1.807) is 6.07 Å². The molecule has 1 aromatic heterocycles. The summed E-state index contributed by atoms with van der Waals surface area (Å²) < 4.78 is 1.13. The molecule has 4 heteroatoms. The fourth-order valence-electron chi connectivity index (χ4n) is 1.40. The molecule has 0 aliphatic heterocycles. The smallest absolute Gasteiger partial charge is 0.274 e. The van der Waals surface area contributed by atoms with Gasteiger partial charge in [-0.05, 0) is 65.9 Å². The molecule has 0 spiro atoms. The molecular weight excluding hydrogens is 327 g/mol. The quantitative estimate of drug-likeness (QED) is 0.854. The number of aryl methyl sites for hydroxylation is 1. The second kappa shape index (κ2) is 5.27. The molecule has 0 saturated carbocycles. The van der Waals surface area contributed by atoms with Gasteiger partial charge in [-0.3, -0.25) is 4.79 Å². The number of pyridine rings is 1. The van der Waals surface area contributed by atoms with Gasteiger partial charge >= 0.3 is 0 Å². The number of nitrogens with one attached hydrogen (secondary N) is 1. The summed E-state index contributed by atoms with van der Waals surface area (Å²) in [6.45, 7) is 1.86. The van der Waals surface area contributed by atoms with Gasteiger partial charge in [-0.25, -0.2) is 4.98 Å². The minimum Gasteiger partial charge on any atom is -0.321 e. The van der Waals surface area contributed by atoms with Gasteiger partial charge in [-0.1, -0.05) is 6.07 Å². The SMILES string of the molecule is Cc1cccc(C(=O)Nc2ccc(I)cc2)n1. The van der Waals surface area contributed by atoms with Crippen molar-refractivity contribution < 1.29 is 4.79 Å². The normalized spacial score (nSPS) is 10.0. The van der Waals surface area contributed by atoms with Crippen molar-refractivity contribution in [2.45, 2.75) is 6.92 Å². The third-order valence-electron chi connectivity index (χ3n) is 2.22. The second-order valence-electron chi connectivity index (χ2n) is 3.63. The average Bonchev–Trinajstić information content (AvgIpc) is 2.32. The van der Waals surface area contributed by atoms with E-state index in [0.29, 0.717) is 5.69 Å². The summed E-state index contributed by atoms with van der Waals surface area (Å²) in [6.07, 6.45) is 0. The van der Waals surface area contributed by atoms with Gasteiger partial charge in [0.1, 0.15) is 5.69 Å². The Labute approximate surface area is 113 Å². The van der Waals surface area contributed by atoms with Gasteiger partial charge in [-0.2, -0.15) is 0 Å². The lowest BCUT2D eigenvalue weighted by molar-refractivity contribution is 0.102. The fraction of sp³-hybridized carbons (Fsp3) is 0.0769. The monoisotopic (exact) mass is 338 g/mol. The molecule has 2 aromatic rings. The molecule has 86 valence electrons. The Morgan fingerprint density at radius 3 is 2.53 bits per heavy atom. The first-order chi connectivity index (χ1) is 8.15. The summed E-state index contributed by atoms with van der Waals surface area (Å²) in [5, 5.41) is 2.81. The maximum absolute atomic E-state index is 11.9. The van der Waals surface area contributed by atoms with Crippen molar-refractivity contribution in [3.05, 3.63) is 57.4 Å². The molecule has 0 saturated heterocycles. The molecule has 0 fully saturated rings. The number of nitrogens with zero attached hydrogens (tertiary/aromatic N) is 1. The topological polar surface area (TPSA) is 42.0 Å². The van der Waals surface area contributed by atoms with E-state index in [4.69, 9.17) is 0 Å². The molecule has 1 N–H and O–H groups in total. The van der Waals surface area contributed by atoms with E-state index in [2.05, 4.69) is 32.9 Å². The summed E-state index contributed by atoms with van der Waals surface area (Å²) in [5.41, 5.74) is 2.04. The van der Waals surface area contributed by atoms with Crippen LogP contribution in [-0.4, -0.2) is 10.9 Å². The minimum absolute atomic E-state index is 0.185. The van der Waals surface area contributed by atoms with E-state index in [-0.39, 0.29) is 5.91 Å². The maximum atomic E-state index is 11.9.